The Kier molecular flexibility index (Phi) is 2.92. The van der Waals surface area contributed by atoms with E-state index in [4.69, 9.17) is 4.84 Å². The summed E-state index contributed by atoms with van der Waals surface area (Å²) in [6.45, 7) is -0.263. The van der Waals surface area contributed by atoms with Crippen molar-refractivity contribution in [2.75, 3.05) is 0 Å². The smallest absolute Gasteiger partial charge is 0.364 e. The van der Waals surface area contributed by atoms with Crippen molar-refractivity contribution < 1.29 is 10.0 Å². The monoisotopic (exact) mass is 328 g/mol. The quantitative estimate of drug-likeness (QED) is 0.511. The lowest BCUT2D eigenvalue weighted by atomic mass is 10.4. The Bertz CT molecular complexity index is 1090. The van der Waals surface area contributed by atoms with Crippen LogP contribution < -0.4 is 16.2 Å². The molecule has 0 radical (unpaired) electrons. The highest BCUT2D eigenvalue weighted by atomic mass is 16.7. The molecule has 0 aromatic carbocycles. The molecule has 122 valence electrons. The van der Waals surface area contributed by atoms with Gasteiger partial charge in [0.1, 0.15) is 11.0 Å². The highest BCUT2D eigenvalue weighted by Gasteiger charge is 2.16. The minimum absolute atomic E-state index is 0.248. The van der Waals surface area contributed by atoms with E-state index >= 15 is 0 Å². The zero-order valence-electron chi connectivity index (χ0n) is 12.5. The van der Waals surface area contributed by atoms with Gasteiger partial charge < -0.3 is 10.0 Å². The number of aryl methyl sites for hydroxylation is 1. The van der Waals surface area contributed by atoms with Gasteiger partial charge in [0.15, 0.2) is 12.4 Å². The van der Waals surface area contributed by atoms with Crippen molar-refractivity contribution in [3.63, 3.8) is 0 Å². The average molecular weight is 328 g/mol. The predicted molar refractivity (Wildman–Crippen MR) is 82.7 cm³/mol. The molecule has 4 aromatic heterocycles. The number of pyridine rings is 2. The lowest BCUT2D eigenvalue weighted by Crippen LogP contribution is -2.32. The normalized spacial score (nSPS) is 11.4. The first-order valence-electron chi connectivity index (χ1n) is 7.00. The Morgan fingerprint density at radius 3 is 2.79 bits per heavy atom. The van der Waals surface area contributed by atoms with Gasteiger partial charge in [-0.3, -0.25) is 14.1 Å². The molecular weight excluding hydrogens is 316 g/mol. The van der Waals surface area contributed by atoms with Gasteiger partial charge in [-0.25, -0.2) is 14.6 Å². The number of rotatable bonds is 3. The fourth-order valence-electron chi connectivity index (χ4n) is 2.59. The molecule has 10 nitrogen and oxygen atoms in total. The lowest BCUT2D eigenvalue weighted by molar-refractivity contribution is 0.0555. The molecule has 0 aliphatic heterocycles. The van der Waals surface area contributed by atoms with Crippen LogP contribution in [0.1, 0.15) is 0 Å². The molecule has 24 heavy (non-hydrogen) atoms. The van der Waals surface area contributed by atoms with E-state index in [9.17, 15) is 14.8 Å². The second kappa shape index (κ2) is 4.98. The van der Waals surface area contributed by atoms with Crippen LogP contribution in [0.25, 0.3) is 22.2 Å². The first-order chi connectivity index (χ1) is 11.6. The van der Waals surface area contributed by atoms with Crippen molar-refractivity contribution in [3.05, 3.63) is 57.8 Å². The minimum atomic E-state index is -0.690. The van der Waals surface area contributed by atoms with E-state index in [2.05, 4.69) is 9.97 Å². The van der Waals surface area contributed by atoms with Gasteiger partial charge in [0.2, 0.25) is 0 Å². The standard InChI is InChI=1S/C14H12N6O4/c1-17-12-10(3-2-5-16-12)20(13(17)21)24-8-18-9-4-6-15-7-11(9)19(23)14(18)22/h2-7,23H,8H2,1H3. The molecule has 0 saturated heterocycles. The summed E-state index contributed by atoms with van der Waals surface area (Å²) < 4.78 is 4.09. The van der Waals surface area contributed by atoms with Gasteiger partial charge in [-0.15, -0.1) is 9.46 Å². The maximum atomic E-state index is 12.3. The third kappa shape index (κ3) is 1.82. The number of nitrogens with zero attached hydrogens (tertiary/aromatic N) is 6. The molecule has 4 aromatic rings. The second-order valence-electron chi connectivity index (χ2n) is 5.13. The molecule has 0 aliphatic carbocycles. The maximum absolute atomic E-state index is 12.3. The van der Waals surface area contributed by atoms with Gasteiger partial charge >= 0.3 is 11.4 Å². The van der Waals surface area contributed by atoms with E-state index < -0.39 is 11.4 Å². The Hall–Kier alpha value is -3.56. The summed E-state index contributed by atoms with van der Waals surface area (Å²) in [5.74, 6) is 0. The first kappa shape index (κ1) is 14.1. The molecule has 0 amide bonds. The van der Waals surface area contributed by atoms with E-state index in [0.29, 0.717) is 21.4 Å². The van der Waals surface area contributed by atoms with Crippen molar-refractivity contribution in [1.29, 1.82) is 0 Å². The largest absolute Gasteiger partial charge is 0.423 e. The molecule has 0 aliphatic rings. The summed E-state index contributed by atoms with van der Waals surface area (Å²) >= 11 is 0. The van der Waals surface area contributed by atoms with Gasteiger partial charge in [-0.05, 0) is 18.2 Å². The van der Waals surface area contributed by atoms with Crippen LogP contribution in [0.2, 0.25) is 0 Å². The number of aromatic nitrogens is 6. The van der Waals surface area contributed by atoms with Crippen LogP contribution in [0.15, 0.2) is 46.4 Å². The fourth-order valence-corrected chi connectivity index (χ4v) is 2.59. The zero-order chi connectivity index (χ0) is 16.8. The predicted octanol–water partition coefficient (Wildman–Crippen LogP) is -0.430. The summed E-state index contributed by atoms with van der Waals surface area (Å²) in [5.41, 5.74) is 0.508. The minimum Gasteiger partial charge on any atom is -0.423 e. The number of hydrogen-bond donors (Lipinski definition) is 1. The fraction of sp³-hybridized carbons (Fsp3) is 0.143. The third-order valence-corrected chi connectivity index (χ3v) is 3.79. The van der Waals surface area contributed by atoms with Crippen LogP contribution in [-0.2, 0) is 13.8 Å². The Morgan fingerprint density at radius 1 is 1.12 bits per heavy atom. The lowest BCUT2D eigenvalue weighted by Gasteiger charge is -2.06. The SMILES string of the molecule is Cn1c(=O)n(OCn2c(=O)n(O)c3cnccc32)c2cccnc21. The van der Waals surface area contributed by atoms with Gasteiger partial charge in [0.05, 0.1) is 11.7 Å². The van der Waals surface area contributed by atoms with Gasteiger partial charge in [-0.1, -0.05) is 0 Å². The van der Waals surface area contributed by atoms with E-state index in [1.165, 1.54) is 21.5 Å². The van der Waals surface area contributed by atoms with E-state index in [0.717, 1.165) is 4.73 Å². The number of hydrogen-bond acceptors (Lipinski definition) is 6. The molecule has 0 fully saturated rings. The number of imidazole rings is 2. The summed E-state index contributed by atoms with van der Waals surface area (Å²) in [6.07, 6.45) is 4.43. The van der Waals surface area contributed by atoms with Crippen LogP contribution in [0.4, 0.5) is 0 Å². The summed E-state index contributed by atoms with van der Waals surface area (Å²) in [6, 6.07) is 4.94. The van der Waals surface area contributed by atoms with Gasteiger partial charge in [0, 0.05) is 19.4 Å². The summed E-state index contributed by atoms with van der Waals surface area (Å²) in [5, 5.41) is 9.81. The molecular formula is C14H12N6O4. The third-order valence-electron chi connectivity index (χ3n) is 3.79. The molecule has 4 rings (SSSR count). The molecule has 0 spiro atoms. The van der Waals surface area contributed by atoms with E-state index in [-0.39, 0.29) is 12.2 Å². The molecule has 1 N–H and O–H groups in total. The molecule has 0 unspecified atom stereocenters. The Balaban J connectivity index is 1.80. The second-order valence-corrected chi connectivity index (χ2v) is 5.13. The van der Waals surface area contributed by atoms with Crippen LogP contribution >= 0.6 is 0 Å². The zero-order valence-corrected chi connectivity index (χ0v) is 12.5. The highest BCUT2D eigenvalue weighted by Crippen LogP contribution is 2.10. The number of fused-ring (bicyclic) bond motifs is 2. The Labute approximate surface area is 133 Å². The van der Waals surface area contributed by atoms with Crippen LogP contribution in [0, 0.1) is 0 Å². The highest BCUT2D eigenvalue weighted by molar-refractivity contribution is 5.74. The molecule has 4 heterocycles. The van der Waals surface area contributed by atoms with Crippen molar-refractivity contribution >= 4 is 22.2 Å². The summed E-state index contributed by atoms with van der Waals surface area (Å²) in [4.78, 5) is 37.9. The van der Waals surface area contributed by atoms with Crippen molar-refractivity contribution in [2.45, 2.75) is 6.73 Å². The van der Waals surface area contributed by atoms with Crippen LogP contribution in [0.5, 0.6) is 0 Å². The van der Waals surface area contributed by atoms with Crippen molar-refractivity contribution in [1.82, 2.24) is 28.6 Å². The van der Waals surface area contributed by atoms with Crippen molar-refractivity contribution in [3.8, 4) is 0 Å². The molecule has 10 heteroatoms. The topological polar surface area (TPSA) is 109 Å². The Morgan fingerprint density at radius 2 is 1.96 bits per heavy atom. The van der Waals surface area contributed by atoms with E-state index in [1.807, 2.05) is 0 Å². The van der Waals surface area contributed by atoms with Crippen LogP contribution in [0.3, 0.4) is 0 Å². The molecule has 0 saturated carbocycles. The average Bonchev–Trinajstić information content (AvgIpc) is 3.00. The molecule has 0 atom stereocenters. The van der Waals surface area contributed by atoms with Crippen LogP contribution in [-0.4, -0.2) is 33.8 Å². The van der Waals surface area contributed by atoms with Gasteiger partial charge in [0.25, 0.3) is 0 Å². The first-order valence-corrected chi connectivity index (χ1v) is 7.00. The van der Waals surface area contributed by atoms with Crippen molar-refractivity contribution in [2.24, 2.45) is 7.05 Å². The summed E-state index contributed by atoms with van der Waals surface area (Å²) in [7, 11) is 1.58. The van der Waals surface area contributed by atoms with Gasteiger partial charge in [-0.2, -0.15) is 0 Å². The van der Waals surface area contributed by atoms with E-state index in [1.54, 1.807) is 31.4 Å². The maximum Gasteiger partial charge on any atom is 0.364 e. The molecule has 0 bridgehead atoms.